The number of carboxylic acids is 1. The third-order valence-electron chi connectivity index (χ3n) is 2.11. The molecule has 0 fully saturated rings. The fourth-order valence-corrected chi connectivity index (χ4v) is 1.48. The van der Waals surface area contributed by atoms with Gasteiger partial charge in [0.25, 0.3) is 0 Å². The molecule has 0 saturated carbocycles. The first-order valence-corrected chi connectivity index (χ1v) is 4.93. The summed E-state index contributed by atoms with van der Waals surface area (Å²) in [7, 11) is 0. The van der Waals surface area contributed by atoms with Crippen molar-refractivity contribution in [3.05, 3.63) is 34.3 Å². The zero-order valence-electron chi connectivity index (χ0n) is 8.46. The van der Waals surface area contributed by atoms with Crippen molar-refractivity contribution in [1.82, 2.24) is 0 Å². The minimum atomic E-state index is -4.57. The van der Waals surface area contributed by atoms with Crippen molar-refractivity contribution in [3.8, 4) is 0 Å². The van der Waals surface area contributed by atoms with Crippen molar-refractivity contribution in [2.45, 2.75) is 18.6 Å². The van der Waals surface area contributed by atoms with Crippen LogP contribution in [0.4, 0.5) is 13.2 Å². The molecule has 0 bridgehead atoms. The second-order valence-electron chi connectivity index (χ2n) is 3.46. The maximum absolute atomic E-state index is 12.5. The lowest BCUT2D eigenvalue weighted by Gasteiger charge is -2.12. The highest BCUT2D eigenvalue weighted by atomic mass is 35.5. The van der Waals surface area contributed by atoms with E-state index in [1.807, 2.05) is 0 Å². The largest absolute Gasteiger partial charge is 0.480 e. The first kappa shape index (κ1) is 13.8. The summed E-state index contributed by atoms with van der Waals surface area (Å²) in [5.41, 5.74) is 4.42. The molecule has 1 aromatic rings. The Morgan fingerprint density at radius 1 is 1.47 bits per heavy atom. The number of nitrogens with two attached hydrogens (primary N) is 1. The normalized spacial score (nSPS) is 13.5. The van der Waals surface area contributed by atoms with E-state index < -0.39 is 28.8 Å². The van der Waals surface area contributed by atoms with Gasteiger partial charge in [-0.05, 0) is 24.1 Å². The number of halogens is 4. The Morgan fingerprint density at radius 3 is 2.53 bits per heavy atom. The summed E-state index contributed by atoms with van der Waals surface area (Å²) >= 11 is 5.41. The fraction of sp³-hybridized carbons (Fsp3) is 0.300. The second kappa shape index (κ2) is 4.93. The van der Waals surface area contributed by atoms with Crippen LogP contribution in [0.5, 0.6) is 0 Å². The van der Waals surface area contributed by atoms with Crippen molar-refractivity contribution in [1.29, 1.82) is 0 Å². The van der Waals surface area contributed by atoms with Gasteiger partial charge in [0.1, 0.15) is 6.04 Å². The Labute approximate surface area is 100.0 Å². The molecule has 1 rings (SSSR count). The molecule has 3 N–H and O–H groups in total. The first-order chi connectivity index (χ1) is 7.71. The van der Waals surface area contributed by atoms with Crippen LogP contribution in [0.1, 0.15) is 11.1 Å². The highest BCUT2D eigenvalue weighted by Gasteiger charge is 2.33. The van der Waals surface area contributed by atoms with Gasteiger partial charge in [-0.2, -0.15) is 13.2 Å². The summed E-state index contributed by atoms with van der Waals surface area (Å²) in [6, 6.07) is 1.97. The van der Waals surface area contributed by atoms with Crippen LogP contribution in [0, 0.1) is 0 Å². The topological polar surface area (TPSA) is 63.3 Å². The molecule has 0 radical (unpaired) electrons. The summed E-state index contributed by atoms with van der Waals surface area (Å²) in [6.45, 7) is 0. The number of benzene rings is 1. The predicted octanol–water partition coefficient (Wildman–Crippen LogP) is 2.31. The van der Waals surface area contributed by atoms with Crippen molar-refractivity contribution in [2.75, 3.05) is 0 Å². The molecular weight excluding hydrogens is 259 g/mol. The van der Waals surface area contributed by atoms with E-state index >= 15 is 0 Å². The molecule has 0 aliphatic carbocycles. The van der Waals surface area contributed by atoms with Crippen LogP contribution in [0.2, 0.25) is 5.02 Å². The van der Waals surface area contributed by atoms with Crippen molar-refractivity contribution in [3.63, 3.8) is 0 Å². The van der Waals surface area contributed by atoms with Crippen molar-refractivity contribution < 1.29 is 23.1 Å². The summed E-state index contributed by atoms with van der Waals surface area (Å²) < 4.78 is 37.5. The van der Waals surface area contributed by atoms with E-state index in [0.29, 0.717) is 0 Å². The van der Waals surface area contributed by atoms with Crippen LogP contribution in [0.3, 0.4) is 0 Å². The maximum atomic E-state index is 12.5. The molecule has 0 aliphatic rings. The molecular formula is C10H9ClF3NO2. The van der Waals surface area contributed by atoms with Gasteiger partial charge in [0.15, 0.2) is 0 Å². The van der Waals surface area contributed by atoms with Gasteiger partial charge < -0.3 is 10.8 Å². The molecule has 7 heteroatoms. The van der Waals surface area contributed by atoms with E-state index in [4.69, 9.17) is 22.4 Å². The molecule has 1 unspecified atom stereocenters. The molecule has 0 amide bonds. The lowest BCUT2D eigenvalue weighted by Crippen LogP contribution is -2.32. The van der Waals surface area contributed by atoms with Gasteiger partial charge in [-0.15, -0.1) is 0 Å². The maximum Gasteiger partial charge on any atom is 0.417 e. The Hall–Kier alpha value is -1.27. The number of alkyl halides is 3. The Bertz CT molecular complexity index is 434. The van der Waals surface area contributed by atoms with Crippen LogP contribution in [0.15, 0.2) is 18.2 Å². The molecule has 94 valence electrons. The zero-order valence-corrected chi connectivity index (χ0v) is 9.22. The number of hydrogen-bond acceptors (Lipinski definition) is 2. The summed E-state index contributed by atoms with van der Waals surface area (Å²) in [6.07, 6.45) is -4.75. The van der Waals surface area contributed by atoms with Gasteiger partial charge in [-0.1, -0.05) is 17.7 Å². The Kier molecular flexibility index (Phi) is 4.00. The van der Waals surface area contributed by atoms with E-state index in [-0.39, 0.29) is 12.0 Å². The number of carboxylic acid groups (broad SMARTS) is 1. The van der Waals surface area contributed by atoms with Crippen LogP contribution in [-0.2, 0) is 17.4 Å². The Balaban J connectivity index is 3.01. The second-order valence-corrected chi connectivity index (χ2v) is 3.87. The van der Waals surface area contributed by atoms with Crippen LogP contribution in [0.25, 0.3) is 0 Å². The van der Waals surface area contributed by atoms with E-state index in [2.05, 4.69) is 0 Å². The third kappa shape index (κ3) is 3.61. The van der Waals surface area contributed by atoms with Gasteiger partial charge in [0.05, 0.1) is 10.6 Å². The zero-order chi connectivity index (χ0) is 13.2. The number of carbonyl (C=O) groups is 1. The van der Waals surface area contributed by atoms with Gasteiger partial charge in [0.2, 0.25) is 0 Å². The average Bonchev–Trinajstić information content (AvgIpc) is 2.19. The van der Waals surface area contributed by atoms with Gasteiger partial charge >= 0.3 is 12.1 Å². The average molecular weight is 268 g/mol. The van der Waals surface area contributed by atoms with Crippen molar-refractivity contribution >= 4 is 17.6 Å². The van der Waals surface area contributed by atoms with Gasteiger partial charge in [-0.25, -0.2) is 0 Å². The van der Waals surface area contributed by atoms with Crippen molar-refractivity contribution in [2.24, 2.45) is 5.73 Å². The highest BCUT2D eigenvalue weighted by Crippen LogP contribution is 2.35. The SMILES string of the molecule is NC(Cc1ccc(Cl)c(C(F)(F)F)c1)C(=O)O. The van der Waals surface area contributed by atoms with Crippen LogP contribution >= 0.6 is 11.6 Å². The minimum absolute atomic E-state index is 0.177. The van der Waals surface area contributed by atoms with E-state index in [1.54, 1.807) is 0 Å². The molecule has 0 saturated heterocycles. The quantitative estimate of drug-likeness (QED) is 0.883. The highest BCUT2D eigenvalue weighted by molar-refractivity contribution is 6.31. The van der Waals surface area contributed by atoms with E-state index in [0.717, 1.165) is 12.1 Å². The number of aliphatic carboxylic acids is 1. The van der Waals surface area contributed by atoms with Crippen LogP contribution < -0.4 is 5.73 Å². The van der Waals surface area contributed by atoms with Gasteiger partial charge in [-0.3, -0.25) is 4.79 Å². The fourth-order valence-electron chi connectivity index (χ4n) is 1.26. The van der Waals surface area contributed by atoms with Gasteiger partial charge in [0, 0.05) is 0 Å². The molecule has 3 nitrogen and oxygen atoms in total. The number of rotatable bonds is 3. The third-order valence-corrected chi connectivity index (χ3v) is 2.44. The molecule has 1 atom stereocenters. The lowest BCUT2D eigenvalue weighted by molar-refractivity contribution is -0.138. The predicted molar refractivity (Wildman–Crippen MR) is 55.8 cm³/mol. The summed E-state index contributed by atoms with van der Waals surface area (Å²) in [5.74, 6) is -1.27. The standard InChI is InChI=1S/C10H9ClF3NO2/c11-7-2-1-5(4-8(15)9(16)17)3-6(7)10(12,13)14/h1-3,8H,4,15H2,(H,16,17). The molecule has 1 aromatic carbocycles. The summed E-state index contributed by atoms with van der Waals surface area (Å²) in [5, 5.41) is 8.13. The molecule has 17 heavy (non-hydrogen) atoms. The minimum Gasteiger partial charge on any atom is -0.480 e. The Morgan fingerprint density at radius 2 is 2.06 bits per heavy atom. The summed E-state index contributed by atoms with van der Waals surface area (Å²) in [4.78, 5) is 10.5. The van der Waals surface area contributed by atoms with E-state index in [9.17, 15) is 18.0 Å². The molecule has 0 spiro atoms. The smallest absolute Gasteiger partial charge is 0.417 e. The monoisotopic (exact) mass is 267 g/mol. The number of hydrogen-bond donors (Lipinski definition) is 2. The molecule has 0 aliphatic heterocycles. The molecule has 0 heterocycles. The first-order valence-electron chi connectivity index (χ1n) is 4.56. The lowest BCUT2D eigenvalue weighted by atomic mass is 10.0. The molecule has 0 aromatic heterocycles. The van der Waals surface area contributed by atoms with Crippen LogP contribution in [-0.4, -0.2) is 17.1 Å². The van der Waals surface area contributed by atoms with E-state index in [1.165, 1.54) is 6.07 Å².